The molecule has 0 bridgehead atoms. The van der Waals surface area contributed by atoms with Crippen LogP contribution in [0, 0.1) is 0 Å². The molecule has 0 unspecified atom stereocenters. The summed E-state index contributed by atoms with van der Waals surface area (Å²) in [4.78, 5) is 26.0. The van der Waals surface area contributed by atoms with Crippen LogP contribution in [0.15, 0.2) is 176 Å². The third-order valence-electron chi connectivity index (χ3n) is 12.4. The average molecular weight is 982 g/mol. The Morgan fingerprint density at radius 2 is 0.903 bits per heavy atom. The third-order valence-corrected chi connectivity index (χ3v) is 12.4. The standard InChI is InChI=1S/C58H63NO13/c1-40(60)59-50-51(61)52(48(38-64-32-41-20-8-3-9-21-41)70-57(50)69-36-45-28-16-7-17-29-45)72-58-55(68-37-46-30-18-19-31-47(46)56(62)63-2)54(67-35-44-26-14-6-15-27-44)53(66-34-43-24-12-5-13-25-43)49(71-58)39-65-33-42-22-10-4-11-23-42/h3-31,48-55,57-58,61H,32-39H2,1-2H3,(H,59,60)/t48-,49-,50-,51-,52-,53-,54+,55-,57-,58-/m1/s1. The van der Waals surface area contributed by atoms with Gasteiger partial charge in [-0.1, -0.05) is 170 Å². The van der Waals surface area contributed by atoms with Gasteiger partial charge in [0.2, 0.25) is 5.91 Å². The first-order chi connectivity index (χ1) is 35.3. The number of aliphatic hydroxyl groups is 1. The number of aliphatic hydroxyl groups excluding tert-OH is 1. The Morgan fingerprint density at radius 1 is 0.486 bits per heavy atom. The van der Waals surface area contributed by atoms with E-state index in [0.717, 1.165) is 27.8 Å². The molecule has 14 nitrogen and oxygen atoms in total. The summed E-state index contributed by atoms with van der Waals surface area (Å²) in [6, 6.07) is 54.4. The molecule has 14 heteroatoms. The number of benzene rings is 6. The fourth-order valence-corrected chi connectivity index (χ4v) is 8.76. The quantitative estimate of drug-likeness (QED) is 0.0565. The van der Waals surface area contributed by atoms with E-state index in [4.69, 9.17) is 47.4 Å². The highest BCUT2D eigenvalue weighted by molar-refractivity contribution is 5.90. The van der Waals surface area contributed by atoms with Crippen LogP contribution in [0.4, 0.5) is 0 Å². The Morgan fingerprint density at radius 3 is 1.40 bits per heavy atom. The largest absolute Gasteiger partial charge is 0.465 e. The molecule has 0 saturated carbocycles. The predicted molar refractivity (Wildman–Crippen MR) is 266 cm³/mol. The Bertz CT molecular complexity index is 2520. The van der Waals surface area contributed by atoms with Crippen molar-refractivity contribution in [1.82, 2.24) is 5.32 Å². The lowest BCUT2D eigenvalue weighted by Crippen LogP contribution is -2.68. The number of methoxy groups -OCH3 is 1. The van der Waals surface area contributed by atoms with E-state index < -0.39 is 73.2 Å². The van der Waals surface area contributed by atoms with Crippen molar-refractivity contribution in [3.63, 3.8) is 0 Å². The number of rotatable bonds is 24. The Kier molecular flexibility index (Phi) is 19.6. The van der Waals surface area contributed by atoms with Crippen LogP contribution in [0.3, 0.4) is 0 Å². The molecule has 1 amide bonds. The van der Waals surface area contributed by atoms with Crippen LogP contribution in [0.2, 0.25) is 0 Å². The summed E-state index contributed by atoms with van der Waals surface area (Å²) < 4.78 is 65.8. The predicted octanol–water partition coefficient (Wildman–Crippen LogP) is 7.88. The topological polar surface area (TPSA) is 159 Å². The van der Waals surface area contributed by atoms with Crippen LogP contribution in [-0.4, -0.2) is 98.7 Å². The highest BCUT2D eigenvalue weighted by Gasteiger charge is 2.54. The van der Waals surface area contributed by atoms with Crippen LogP contribution >= 0.6 is 0 Å². The lowest BCUT2D eigenvalue weighted by molar-refractivity contribution is -0.363. The fourth-order valence-electron chi connectivity index (χ4n) is 8.76. The number of esters is 1. The molecule has 2 N–H and O–H groups in total. The van der Waals surface area contributed by atoms with E-state index in [1.165, 1.54) is 14.0 Å². The third kappa shape index (κ3) is 14.7. The Balaban J connectivity index is 1.17. The number of carbonyl (C=O) groups is 2. The number of hydrogen-bond acceptors (Lipinski definition) is 13. The molecule has 2 aliphatic rings. The first kappa shape index (κ1) is 52.2. The van der Waals surface area contributed by atoms with Gasteiger partial charge in [-0.2, -0.15) is 0 Å². The smallest absolute Gasteiger partial charge is 0.338 e. The summed E-state index contributed by atoms with van der Waals surface area (Å²) in [6.45, 7) is 2.20. The van der Waals surface area contributed by atoms with Crippen LogP contribution in [0.1, 0.15) is 50.7 Å². The highest BCUT2D eigenvalue weighted by atomic mass is 16.8. The van der Waals surface area contributed by atoms with Gasteiger partial charge in [0.05, 0.1) is 65.5 Å². The van der Waals surface area contributed by atoms with E-state index in [-0.39, 0.29) is 52.9 Å². The van der Waals surface area contributed by atoms with Gasteiger partial charge in [-0.3, -0.25) is 4.79 Å². The minimum absolute atomic E-state index is 0.0363. The van der Waals surface area contributed by atoms with Crippen molar-refractivity contribution in [3.05, 3.63) is 215 Å². The SMILES string of the molecule is COC(=O)c1ccccc1CO[C@H]1[C@@H](O[C@H]2[C@H](O)[C@@H](NC(C)=O)[C@H](OCc3ccccc3)O[C@@H]2COCc2ccccc2)O[C@H](COCc2ccccc2)[C@@H](OCc2ccccc2)[C@@H]1OCc1ccccc1. The normalized spacial score (nSPS) is 24.0. The summed E-state index contributed by atoms with van der Waals surface area (Å²) >= 11 is 0. The van der Waals surface area contributed by atoms with Crippen molar-refractivity contribution in [2.45, 2.75) is 108 Å². The summed E-state index contributed by atoms with van der Waals surface area (Å²) in [5, 5.41) is 15.5. The lowest BCUT2D eigenvalue weighted by atomic mass is 9.95. The summed E-state index contributed by atoms with van der Waals surface area (Å²) in [5.41, 5.74) is 5.40. The zero-order valence-corrected chi connectivity index (χ0v) is 40.5. The van der Waals surface area contributed by atoms with Crippen LogP contribution in [0.25, 0.3) is 0 Å². The maximum Gasteiger partial charge on any atom is 0.338 e. The van der Waals surface area contributed by atoms with Crippen molar-refractivity contribution < 1.29 is 62.1 Å². The Hall–Kier alpha value is -6.14. The van der Waals surface area contributed by atoms with Crippen molar-refractivity contribution in [2.24, 2.45) is 0 Å². The summed E-state index contributed by atoms with van der Waals surface area (Å²) in [6.07, 6.45) is -9.80. The van der Waals surface area contributed by atoms with Crippen molar-refractivity contribution in [2.75, 3.05) is 20.3 Å². The van der Waals surface area contributed by atoms with E-state index >= 15 is 0 Å². The van der Waals surface area contributed by atoms with Gasteiger partial charge in [-0.25, -0.2) is 4.79 Å². The minimum atomic E-state index is -1.44. The molecule has 0 radical (unpaired) electrons. The van der Waals surface area contributed by atoms with E-state index in [1.54, 1.807) is 24.3 Å². The molecule has 2 aliphatic heterocycles. The summed E-state index contributed by atoms with van der Waals surface area (Å²) in [7, 11) is 1.32. The van der Waals surface area contributed by atoms with Gasteiger partial charge >= 0.3 is 5.97 Å². The van der Waals surface area contributed by atoms with Crippen LogP contribution < -0.4 is 5.32 Å². The molecule has 72 heavy (non-hydrogen) atoms. The summed E-state index contributed by atoms with van der Waals surface area (Å²) in [5.74, 6) is -0.955. The maximum absolute atomic E-state index is 13.1. The van der Waals surface area contributed by atoms with Gasteiger partial charge < -0.3 is 57.8 Å². The van der Waals surface area contributed by atoms with E-state index in [9.17, 15) is 14.7 Å². The zero-order chi connectivity index (χ0) is 49.9. The minimum Gasteiger partial charge on any atom is -0.465 e. The van der Waals surface area contributed by atoms with Gasteiger partial charge in [-0.15, -0.1) is 0 Å². The molecule has 10 atom stereocenters. The van der Waals surface area contributed by atoms with E-state index in [2.05, 4.69) is 5.32 Å². The second kappa shape index (κ2) is 27.1. The van der Waals surface area contributed by atoms with E-state index in [1.807, 2.05) is 152 Å². The van der Waals surface area contributed by atoms with Crippen LogP contribution in [0.5, 0.6) is 0 Å². The molecule has 6 aromatic carbocycles. The van der Waals surface area contributed by atoms with Crippen molar-refractivity contribution in [3.8, 4) is 0 Å². The van der Waals surface area contributed by atoms with Crippen LogP contribution in [-0.2, 0) is 91.8 Å². The molecule has 8 rings (SSSR count). The first-order valence-electron chi connectivity index (χ1n) is 24.2. The van der Waals surface area contributed by atoms with Crippen molar-refractivity contribution in [1.29, 1.82) is 0 Å². The number of hydrogen-bond donors (Lipinski definition) is 2. The van der Waals surface area contributed by atoms with Gasteiger partial charge in [-0.05, 0) is 39.4 Å². The van der Waals surface area contributed by atoms with Crippen molar-refractivity contribution >= 4 is 11.9 Å². The molecule has 6 aromatic rings. The molecule has 0 aliphatic carbocycles. The number of nitrogens with one attached hydrogen (secondary N) is 1. The molecule has 0 spiro atoms. The van der Waals surface area contributed by atoms with Gasteiger partial charge in [0.25, 0.3) is 0 Å². The highest BCUT2D eigenvalue weighted by Crippen LogP contribution is 2.35. The second-order valence-corrected chi connectivity index (χ2v) is 17.6. The monoisotopic (exact) mass is 981 g/mol. The number of carbonyl (C=O) groups excluding carboxylic acids is 2. The lowest BCUT2D eigenvalue weighted by Gasteiger charge is -2.49. The second-order valence-electron chi connectivity index (χ2n) is 17.6. The maximum atomic E-state index is 13.1. The molecule has 2 fully saturated rings. The molecular formula is C58H63NO13. The molecule has 2 heterocycles. The van der Waals surface area contributed by atoms with Gasteiger partial charge in [0, 0.05) is 6.92 Å². The zero-order valence-electron chi connectivity index (χ0n) is 40.5. The van der Waals surface area contributed by atoms with E-state index in [0.29, 0.717) is 11.1 Å². The first-order valence-corrected chi connectivity index (χ1v) is 24.2. The Labute approximate surface area is 421 Å². The molecule has 2 saturated heterocycles. The van der Waals surface area contributed by atoms with Gasteiger partial charge in [0.1, 0.15) is 48.8 Å². The molecule has 378 valence electrons. The van der Waals surface area contributed by atoms with Gasteiger partial charge in [0.15, 0.2) is 12.6 Å². The molecule has 0 aromatic heterocycles. The number of ether oxygens (including phenoxy) is 10. The number of amides is 1. The average Bonchev–Trinajstić information content (AvgIpc) is 3.42. The molecular weight excluding hydrogens is 919 g/mol. The fraction of sp³-hybridized carbons (Fsp3) is 0.345.